The van der Waals surface area contributed by atoms with Crippen molar-refractivity contribution < 1.29 is 5.11 Å². The number of halogens is 1. The van der Waals surface area contributed by atoms with Crippen LogP contribution in [-0.2, 0) is 13.6 Å². The molecule has 5 heteroatoms. The lowest BCUT2D eigenvalue weighted by Gasteiger charge is -2.22. The lowest BCUT2D eigenvalue weighted by atomic mass is 10.0. The number of aliphatic hydroxyl groups is 1. The average Bonchev–Trinajstić information content (AvgIpc) is 2.79. The van der Waals surface area contributed by atoms with Crippen molar-refractivity contribution in [1.82, 2.24) is 15.1 Å². The largest absolute Gasteiger partial charge is 0.389 e. The van der Waals surface area contributed by atoms with Gasteiger partial charge in [0, 0.05) is 20.1 Å². The van der Waals surface area contributed by atoms with Gasteiger partial charge in [0.05, 0.1) is 22.0 Å². The Morgan fingerprint density at radius 2 is 2.12 bits per heavy atom. The van der Waals surface area contributed by atoms with Gasteiger partial charge in [-0.15, -0.1) is 0 Å². The van der Waals surface area contributed by atoms with Gasteiger partial charge < -0.3 is 10.4 Å². The molecule has 0 amide bonds. The normalized spacial score (nSPS) is 18.8. The molecule has 0 aromatic carbocycles. The zero-order valence-electron chi connectivity index (χ0n) is 10.5. The zero-order chi connectivity index (χ0) is 12.5. The summed E-state index contributed by atoms with van der Waals surface area (Å²) in [5, 5.41) is 18.5. The Balaban J connectivity index is 1.89. The molecule has 1 aromatic heterocycles. The Bertz CT molecular complexity index is 397. The molecule has 0 saturated heterocycles. The van der Waals surface area contributed by atoms with Gasteiger partial charge in [0.1, 0.15) is 0 Å². The van der Waals surface area contributed by atoms with Crippen LogP contribution in [0.3, 0.4) is 0 Å². The molecule has 1 aliphatic carbocycles. The van der Waals surface area contributed by atoms with Crippen LogP contribution in [0.4, 0.5) is 0 Å². The summed E-state index contributed by atoms with van der Waals surface area (Å²) in [4.78, 5) is 0. The second-order valence-corrected chi connectivity index (χ2v) is 5.38. The van der Waals surface area contributed by atoms with Crippen LogP contribution in [0.1, 0.15) is 37.1 Å². The van der Waals surface area contributed by atoms with E-state index in [1.54, 1.807) is 4.68 Å². The van der Waals surface area contributed by atoms with Crippen molar-refractivity contribution in [2.24, 2.45) is 7.05 Å². The molecule has 96 valence electrons. The number of aromatic nitrogens is 2. The summed E-state index contributed by atoms with van der Waals surface area (Å²) in [6, 6.07) is 0. The molecule has 0 atom stereocenters. The molecule has 1 aromatic rings. The number of nitrogens with zero attached hydrogens (tertiary/aromatic N) is 2. The van der Waals surface area contributed by atoms with E-state index in [9.17, 15) is 5.11 Å². The van der Waals surface area contributed by atoms with Crippen molar-refractivity contribution in [3.63, 3.8) is 0 Å². The maximum Gasteiger partial charge on any atom is 0.0860 e. The number of hydrogen-bond donors (Lipinski definition) is 2. The standard InChI is InChI=1S/C12H20ClN3O/c1-9-11(13)10(16(2)15-9)7-14-8-12(17)5-3-4-6-12/h14,17H,3-8H2,1-2H3. The third-order valence-electron chi connectivity index (χ3n) is 3.54. The van der Waals surface area contributed by atoms with Gasteiger partial charge in [-0.2, -0.15) is 5.10 Å². The number of hydrogen-bond acceptors (Lipinski definition) is 3. The lowest BCUT2D eigenvalue weighted by molar-refractivity contribution is 0.0473. The monoisotopic (exact) mass is 257 g/mol. The van der Waals surface area contributed by atoms with E-state index in [-0.39, 0.29) is 0 Å². The molecule has 1 fully saturated rings. The first-order chi connectivity index (χ1) is 8.02. The Morgan fingerprint density at radius 1 is 1.47 bits per heavy atom. The molecular formula is C12H20ClN3O. The van der Waals surface area contributed by atoms with E-state index in [2.05, 4.69) is 10.4 Å². The van der Waals surface area contributed by atoms with E-state index in [0.29, 0.717) is 13.1 Å². The molecule has 0 spiro atoms. The van der Waals surface area contributed by atoms with Gasteiger partial charge in [-0.3, -0.25) is 4.68 Å². The molecule has 2 N–H and O–H groups in total. The van der Waals surface area contributed by atoms with Gasteiger partial charge in [-0.25, -0.2) is 0 Å². The fraction of sp³-hybridized carbons (Fsp3) is 0.750. The first-order valence-electron chi connectivity index (χ1n) is 6.13. The van der Waals surface area contributed by atoms with Crippen LogP contribution in [-0.4, -0.2) is 27.0 Å². The van der Waals surface area contributed by atoms with Crippen molar-refractivity contribution in [2.45, 2.75) is 44.8 Å². The molecular weight excluding hydrogens is 238 g/mol. The van der Waals surface area contributed by atoms with Gasteiger partial charge >= 0.3 is 0 Å². The number of aryl methyl sites for hydroxylation is 2. The van der Waals surface area contributed by atoms with E-state index < -0.39 is 5.60 Å². The maximum atomic E-state index is 10.2. The maximum absolute atomic E-state index is 10.2. The summed E-state index contributed by atoms with van der Waals surface area (Å²) in [7, 11) is 1.89. The minimum absolute atomic E-state index is 0.514. The fourth-order valence-electron chi connectivity index (χ4n) is 2.50. The van der Waals surface area contributed by atoms with Gasteiger partial charge in [-0.05, 0) is 19.8 Å². The van der Waals surface area contributed by atoms with E-state index in [4.69, 9.17) is 11.6 Å². The van der Waals surface area contributed by atoms with Crippen LogP contribution in [0.25, 0.3) is 0 Å². The van der Waals surface area contributed by atoms with E-state index >= 15 is 0 Å². The van der Waals surface area contributed by atoms with Crippen LogP contribution in [0.15, 0.2) is 0 Å². The fourth-order valence-corrected chi connectivity index (χ4v) is 2.72. The summed E-state index contributed by atoms with van der Waals surface area (Å²) in [6.45, 7) is 3.18. The van der Waals surface area contributed by atoms with Crippen molar-refractivity contribution in [2.75, 3.05) is 6.54 Å². The number of rotatable bonds is 4. The highest BCUT2D eigenvalue weighted by Gasteiger charge is 2.30. The first-order valence-corrected chi connectivity index (χ1v) is 6.51. The highest BCUT2D eigenvalue weighted by molar-refractivity contribution is 6.31. The minimum atomic E-state index is -0.514. The Hall–Kier alpha value is -0.580. The molecule has 0 bridgehead atoms. The minimum Gasteiger partial charge on any atom is -0.389 e. The molecule has 1 heterocycles. The molecule has 0 aliphatic heterocycles. The van der Waals surface area contributed by atoms with Crippen LogP contribution >= 0.6 is 11.6 Å². The van der Waals surface area contributed by atoms with Crippen LogP contribution in [0, 0.1) is 6.92 Å². The highest BCUT2D eigenvalue weighted by atomic mass is 35.5. The molecule has 0 radical (unpaired) electrons. The molecule has 0 unspecified atom stereocenters. The van der Waals surface area contributed by atoms with Gasteiger partial charge in [0.25, 0.3) is 0 Å². The van der Waals surface area contributed by atoms with Crippen LogP contribution in [0.2, 0.25) is 5.02 Å². The Labute approximate surface area is 107 Å². The number of nitrogens with one attached hydrogen (secondary N) is 1. The molecule has 1 aliphatic rings. The van der Waals surface area contributed by atoms with Crippen molar-refractivity contribution in [3.8, 4) is 0 Å². The second kappa shape index (κ2) is 4.96. The van der Waals surface area contributed by atoms with Crippen LogP contribution < -0.4 is 5.32 Å². The van der Waals surface area contributed by atoms with Gasteiger partial charge in [-0.1, -0.05) is 24.4 Å². The van der Waals surface area contributed by atoms with Crippen molar-refractivity contribution in [1.29, 1.82) is 0 Å². The third kappa shape index (κ3) is 2.81. The molecule has 4 nitrogen and oxygen atoms in total. The Morgan fingerprint density at radius 3 is 2.65 bits per heavy atom. The topological polar surface area (TPSA) is 50.1 Å². The van der Waals surface area contributed by atoms with Crippen molar-refractivity contribution in [3.05, 3.63) is 16.4 Å². The predicted octanol–water partition coefficient (Wildman–Crippen LogP) is 1.78. The van der Waals surface area contributed by atoms with Crippen molar-refractivity contribution >= 4 is 11.6 Å². The lowest BCUT2D eigenvalue weighted by Crippen LogP contribution is -2.37. The molecule has 17 heavy (non-hydrogen) atoms. The molecule has 1 saturated carbocycles. The predicted molar refractivity (Wildman–Crippen MR) is 68.1 cm³/mol. The SMILES string of the molecule is Cc1nn(C)c(CNCC2(O)CCCC2)c1Cl. The summed E-state index contributed by atoms with van der Waals surface area (Å²) in [5.41, 5.74) is 1.32. The summed E-state index contributed by atoms with van der Waals surface area (Å²) < 4.78 is 1.80. The van der Waals surface area contributed by atoms with E-state index in [1.165, 1.54) is 0 Å². The smallest absolute Gasteiger partial charge is 0.0860 e. The summed E-state index contributed by atoms with van der Waals surface area (Å²) >= 11 is 6.16. The van der Waals surface area contributed by atoms with Gasteiger partial charge in [0.15, 0.2) is 0 Å². The summed E-state index contributed by atoms with van der Waals surface area (Å²) in [6.07, 6.45) is 4.06. The Kier molecular flexibility index (Phi) is 3.76. The highest BCUT2D eigenvalue weighted by Crippen LogP contribution is 2.28. The zero-order valence-corrected chi connectivity index (χ0v) is 11.2. The first kappa shape index (κ1) is 12.9. The summed E-state index contributed by atoms with van der Waals surface area (Å²) in [5.74, 6) is 0. The third-order valence-corrected chi connectivity index (χ3v) is 4.03. The molecule has 2 rings (SSSR count). The van der Waals surface area contributed by atoms with E-state index in [0.717, 1.165) is 42.1 Å². The quantitative estimate of drug-likeness (QED) is 0.865. The average molecular weight is 258 g/mol. The second-order valence-electron chi connectivity index (χ2n) is 5.00. The van der Waals surface area contributed by atoms with Crippen LogP contribution in [0.5, 0.6) is 0 Å². The van der Waals surface area contributed by atoms with E-state index in [1.807, 2.05) is 14.0 Å². The van der Waals surface area contributed by atoms with Gasteiger partial charge in [0.2, 0.25) is 0 Å².